The van der Waals surface area contributed by atoms with E-state index >= 15 is 4.79 Å². The Hall–Kier alpha value is -4.60. The summed E-state index contributed by atoms with van der Waals surface area (Å²) in [5.41, 5.74) is 4.05. The first-order valence-corrected chi connectivity index (χ1v) is 16.5. The SMILES string of the molecule is C=CCc1cccc(C2C3=CCC4C(=O)N(C)C(=O)C4C3CC3C(=O)N(Nc4ccc(Cl)cc4Cl)C(=O)C32c2ccc(OC)cc2)c1O. The molecule has 0 aromatic heterocycles. The number of amides is 4. The van der Waals surface area contributed by atoms with E-state index in [2.05, 4.69) is 12.0 Å². The van der Waals surface area contributed by atoms with E-state index in [1.54, 1.807) is 61.7 Å². The van der Waals surface area contributed by atoms with Crippen molar-refractivity contribution in [3.8, 4) is 11.5 Å². The zero-order chi connectivity index (χ0) is 34.1. The smallest absolute Gasteiger partial charge is 0.260 e. The molecule has 6 atom stereocenters. The summed E-state index contributed by atoms with van der Waals surface area (Å²) >= 11 is 12.6. The maximum Gasteiger partial charge on any atom is 0.260 e. The van der Waals surface area contributed by atoms with E-state index in [0.29, 0.717) is 46.0 Å². The molecular formula is C37H33Cl2N3O6. The van der Waals surface area contributed by atoms with Crippen LogP contribution in [-0.2, 0) is 31.0 Å². The van der Waals surface area contributed by atoms with E-state index < -0.39 is 46.8 Å². The van der Waals surface area contributed by atoms with Gasteiger partial charge in [-0.2, -0.15) is 5.01 Å². The number of hydrogen-bond donors (Lipinski definition) is 2. The van der Waals surface area contributed by atoms with E-state index in [4.69, 9.17) is 27.9 Å². The molecule has 2 saturated heterocycles. The first-order valence-electron chi connectivity index (χ1n) is 15.7. The minimum Gasteiger partial charge on any atom is -0.507 e. The summed E-state index contributed by atoms with van der Waals surface area (Å²) in [5.74, 6) is -4.74. The van der Waals surface area contributed by atoms with Crippen LogP contribution < -0.4 is 10.2 Å². The summed E-state index contributed by atoms with van der Waals surface area (Å²) in [7, 11) is 3.03. The molecule has 246 valence electrons. The van der Waals surface area contributed by atoms with Crippen molar-refractivity contribution in [3.05, 3.63) is 112 Å². The lowest BCUT2D eigenvalue weighted by molar-refractivity contribution is -0.140. The van der Waals surface area contributed by atoms with Crippen LogP contribution in [0.15, 0.2) is 85.0 Å². The van der Waals surface area contributed by atoms with Gasteiger partial charge in [0, 0.05) is 23.6 Å². The third-order valence-corrected chi connectivity index (χ3v) is 11.2. The highest BCUT2D eigenvalue weighted by Gasteiger charge is 2.70. The van der Waals surface area contributed by atoms with Crippen LogP contribution in [0.2, 0.25) is 10.0 Å². The van der Waals surface area contributed by atoms with Crippen LogP contribution in [0.25, 0.3) is 0 Å². The minimum absolute atomic E-state index is 0.0175. The van der Waals surface area contributed by atoms with Gasteiger partial charge in [0.25, 0.3) is 11.8 Å². The molecule has 48 heavy (non-hydrogen) atoms. The number of carbonyl (C=O) groups is 4. The highest BCUT2D eigenvalue weighted by atomic mass is 35.5. The van der Waals surface area contributed by atoms with E-state index in [1.807, 2.05) is 12.1 Å². The summed E-state index contributed by atoms with van der Waals surface area (Å²) in [6.45, 7) is 3.84. The van der Waals surface area contributed by atoms with Crippen LogP contribution in [0, 0.1) is 23.7 Å². The number of likely N-dealkylation sites (tertiary alicyclic amines) is 1. The number of benzene rings is 3. The molecule has 0 radical (unpaired) electrons. The third-order valence-electron chi connectivity index (χ3n) is 10.6. The normalized spacial score (nSPS) is 27.8. The second-order valence-electron chi connectivity index (χ2n) is 12.8. The van der Waals surface area contributed by atoms with Crippen molar-refractivity contribution in [1.29, 1.82) is 0 Å². The Kier molecular flexibility index (Phi) is 7.88. The molecule has 3 aromatic carbocycles. The number of ether oxygens (including phenoxy) is 1. The first kappa shape index (κ1) is 32.0. The molecule has 2 aliphatic heterocycles. The molecule has 2 aliphatic carbocycles. The Balaban J connectivity index is 1.50. The highest BCUT2D eigenvalue weighted by Crippen LogP contribution is 2.65. The highest BCUT2D eigenvalue weighted by molar-refractivity contribution is 6.36. The number of halogens is 2. The minimum atomic E-state index is -1.56. The molecule has 1 saturated carbocycles. The predicted molar refractivity (Wildman–Crippen MR) is 180 cm³/mol. The van der Waals surface area contributed by atoms with Crippen LogP contribution >= 0.6 is 23.2 Å². The van der Waals surface area contributed by atoms with E-state index in [-0.39, 0.29) is 29.0 Å². The summed E-state index contributed by atoms with van der Waals surface area (Å²) in [4.78, 5) is 58.1. The van der Waals surface area contributed by atoms with Crippen LogP contribution in [0.1, 0.15) is 35.4 Å². The summed E-state index contributed by atoms with van der Waals surface area (Å²) in [5, 5.41) is 13.5. The lowest BCUT2D eigenvalue weighted by atomic mass is 9.49. The molecule has 9 nitrogen and oxygen atoms in total. The summed E-state index contributed by atoms with van der Waals surface area (Å²) < 4.78 is 5.44. The van der Waals surface area contributed by atoms with Crippen molar-refractivity contribution in [2.24, 2.45) is 23.7 Å². The number of hydrogen-bond acceptors (Lipinski definition) is 7. The second kappa shape index (κ2) is 11.8. The van der Waals surface area contributed by atoms with Crippen molar-refractivity contribution in [2.45, 2.75) is 30.6 Å². The number of phenols is 1. The van der Waals surface area contributed by atoms with Gasteiger partial charge in [0.15, 0.2) is 0 Å². The Morgan fingerprint density at radius 3 is 2.46 bits per heavy atom. The molecule has 3 aromatic rings. The molecular weight excluding hydrogens is 653 g/mol. The largest absolute Gasteiger partial charge is 0.507 e. The number of imide groups is 2. The predicted octanol–water partition coefficient (Wildman–Crippen LogP) is 6.05. The van der Waals surface area contributed by atoms with Gasteiger partial charge in [0.2, 0.25) is 11.8 Å². The molecule has 2 N–H and O–H groups in total. The van der Waals surface area contributed by atoms with Gasteiger partial charge in [-0.25, -0.2) is 0 Å². The number of para-hydroxylation sites is 1. The quantitative estimate of drug-likeness (QED) is 0.230. The number of nitrogens with zero attached hydrogens (tertiary/aromatic N) is 2. The van der Waals surface area contributed by atoms with Crippen LogP contribution in [-0.4, -0.2) is 52.8 Å². The van der Waals surface area contributed by atoms with Crippen molar-refractivity contribution in [2.75, 3.05) is 19.6 Å². The van der Waals surface area contributed by atoms with Gasteiger partial charge >= 0.3 is 0 Å². The van der Waals surface area contributed by atoms with Crippen molar-refractivity contribution < 1.29 is 29.0 Å². The fraction of sp³-hybridized carbons (Fsp3) is 0.297. The molecule has 6 unspecified atom stereocenters. The zero-order valence-electron chi connectivity index (χ0n) is 26.3. The number of fused-ring (bicyclic) bond motifs is 4. The van der Waals surface area contributed by atoms with Gasteiger partial charge in [-0.15, -0.1) is 6.58 Å². The number of phenolic OH excluding ortho intramolecular Hbond substituents is 1. The Labute approximate surface area is 287 Å². The molecule has 11 heteroatoms. The average Bonchev–Trinajstić information content (AvgIpc) is 3.43. The summed E-state index contributed by atoms with van der Waals surface area (Å²) in [6.07, 6.45) is 4.42. The Bertz CT molecular complexity index is 1930. The number of allylic oxidation sites excluding steroid dienone is 3. The fourth-order valence-corrected chi connectivity index (χ4v) is 8.96. The van der Waals surface area contributed by atoms with E-state index in [9.17, 15) is 19.5 Å². The number of anilines is 1. The first-order chi connectivity index (χ1) is 23.0. The molecule has 0 spiro atoms. The lowest BCUT2D eigenvalue weighted by Gasteiger charge is -2.50. The van der Waals surface area contributed by atoms with E-state index in [0.717, 1.165) is 10.6 Å². The van der Waals surface area contributed by atoms with Gasteiger partial charge in [-0.05, 0) is 66.6 Å². The number of aromatic hydroxyl groups is 1. The zero-order valence-corrected chi connectivity index (χ0v) is 27.8. The van der Waals surface area contributed by atoms with Crippen molar-refractivity contribution in [1.82, 2.24) is 9.91 Å². The van der Waals surface area contributed by atoms with Crippen molar-refractivity contribution >= 4 is 52.5 Å². The molecule has 7 rings (SSSR count). The molecule has 4 aliphatic rings. The maximum atomic E-state index is 15.3. The number of methoxy groups -OCH3 is 1. The lowest BCUT2D eigenvalue weighted by Crippen LogP contribution is -2.53. The summed E-state index contributed by atoms with van der Waals surface area (Å²) in [6, 6.07) is 17.1. The monoisotopic (exact) mass is 685 g/mol. The third kappa shape index (κ3) is 4.51. The van der Waals surface area contributed by atoms with Gasteiger partial charge in [-0.1, -0.05) is 71.3 Å². The van der Waals surface area contributed by atoms with Gasteiger partial charge < -0.3 is 9.84 Å². The number of rotatable bonds is 7. The van der Waals surface area contributed by atoms with E-state index in [1.165, 1.54) is 18.0 Å². The van der Waals surface area contributed by atoms with Gasteiger partial charge in [-0.3, -0.25) is 29.5 Å². The second-order valence-corrected chi connectivity index (χ2v) is 13.6. The standard InChI is InChI=1S/C37H33Cl2N3O6/c1-4-6-19-7-5-8-25(32(19)43)31-23-14-15-24-30(35(46)41(2)33(24)44)26(23)18-27-34(45)42(40-29-16-11-21(38)17-28(29)39)36(47)37(27,31)20-9-12-22(48-3)13-10-20/h4-5,7-14,16-17,24,26-27,30-31,40,43H,1,6,15,18H2,2-3H3. The number of hydrazine groups is 1. The molecule has 3 fully saturated rings. The number of carbonyl (C=O) groups excluding carboxylic acids is 4. The fourth-order valence-electron chi connectivity index (χ4n) is 8.51. The topological polar surface area (TPSA) is 116 Å². The van der Waals surface area contributed by atoms with Gasteiger partial charge in [0.1, 0.15) is 11.5 Å². The van der Waals surface area contributed by atoms with Crippen LogP contribution in [0.3, 0.4) is 0 Å². The number of nitrogens with one attached hydrogen (secondary N) is 1. The van der Waals surface area contributed by atoms with Crippen molar-refractivity contribution in [3.63, 3.8) is 0 Å². The molecule has 4 amide bonds. The van der Waals surface area contributed by atoms with Gasteiger partial charge in [0.05, 0.1) is 41.0 Å². The Morgan fingerprint density at radius 2 is 1.77 bits per heavy atom. The maximum absolute atomic E-state index is 15.3. The van der Waals surface area contributed by atoms with Crippen LogP contribution in [0.4, 0.5) is 5.69 Å². The molecule has 0 bridgehead atoms. The van der Waals surface area contributed by atoms with Crippen LogP contribution in [0.5, 0.6) is 11.5 Å². The molecule has 2 heterocycles. The Morgan fingerprint density at radius 1 is 1.02 bits per heavy atom. The average molecular weight is 687 g/mol.